The molecule has 1 aromatic heterocycles. The van der Waals surface area contributed by atoms with E-state index < -0.39 is 5.54 Å². The summed E-state index contributed by atoms with van der Waals surface area (Å²) in [5, 5.41) is 12.5. The van der Waals surface area contributed by atoms with Crippen molar-refractivity contribution in [1.82, 2.24) is 10.3 Å². The third kappa shape index (κ3) is 2.57. The normalized spacial score (nSPS) is 17.7. The predicted molar refractivity (Wildman–Crippen MR) is 69.4 cm³/mol. The largest absolute Gasteiger partial charge is 0.397 e. The lowest BCUT2D eigenvalue weighted by molar-refractivity contribution is 0.0839. The summed E-state index contributed by atoms with van der Waals surface area (Å²) < 4.78 is 0. The number of pyridine rings is 1. The summed E-state index contributed by atoms with van der Waals surface area (Å²) in [4.78, 5) is 16.0. The third-order valence-electron chi connectivity index (χ3n) is 3.39. The molecule has 5 nitrogen and oxygen atoms in total. The van der Waals surface area contributed by atoms with Crippen molar-refractivity contribution in [2.45, 2.75) is 31.2 Å². The number of nitrogens with zero attached hydrogens (tertiary/aromatic N) is 1. The summed E-state index contributed by atoms with van der Waals surface area (Å²) >= 11 is 5.75. The molecule has 0 radical (unpaired) electrons. The average Bonchev–Trinajstić information content (AvgIpc) is 2.81. The van der Waals surface area contributed by atoms with Crippen LogP contribution < -0.4 is 11.1 Å². The third-order valence-corrected chi connectivity index (χ3v) is 3.59. The Labute approximate surface area is 110 Å². The van der Waals surface area contributed by atoms with E-state index in [1.807, 2.05) is 0 Å². The maximum Gasteiger partial charge on any atom is 0.254 e. The molecular weight excluding hydrogens is 254 g/mol. The van der Waals surface area contributed by atoms with Gasteiger partial charge in [-0.15, -0.1) is 0 Å². The van der Waals surface area contributed by atoms with Gasteiger partial charge in [0.25, 0.3) is 5.91 Å². The number of aliphatic hydroxyl groups excluding tert-OH is 1. The summed E-state index contributed by atoms with van der Waals surface area (Å²) in [6.07, 6.45) is 4.94. The Hall–Kier alpha value is -1.33. The quantitative estimate of drug-likeness (QED) is 0.723. The Morgan fingerprint density at radius 2 is 2.22 bits per heavy atom. The van der Waals surface area contributed by atoms with Gasteiger partial charge >= 0.3 is 0 Å². The first-order chi connectivity index (χ1) is 8.56. The fraction of sp³-hybridized carbons (Fsp3) is 0.500. The first kappa shape index (κ1) is 13.1. The lowest BCUT2D eigenvalue weighted by atomic mass is 9.98. The molecule has 0 bridgehead atoms. The minimum absolute atomic E-state index is 0.0581. The number of carbonyl (C=O) groups excluding carboxylic acids is 1. The number of hydrogen-bond acceptors (Lipinski definition) is 4. The van der Waals surface area contributed by atoms with Crippen LogP contribution in [0.4, 0.5) is 5.69 Å². The van der Waals surface area contributed by atoms with E-state index in [4.69, 9.17) is 17.3 Å². The van der Waals surface area contributed by atoms with Gasteiger partial charge < -0.3 is 16.2 Å². The molecule has 18 heavy (non-hydrogen) atoms. The molecular formula is C12H16ClN3O2. The zero-order valence-electron chi connectivity index (χ0n) is 9.95. The van der Waals surface area contributed by atoms with E-state index in [1.165, 1.54) is 12.3 Å². The zero-order chi connectivity index (χ0) is 13.2. The Morgan fingerprint density at radius 1 is 1.56 bits per heavy atom. The Kier molecular flexibility index (Phi) is 3.73. The number of carbonyl (C=O) groups is 1. The molecule has 1 heterocycles. The molecule has 1 aromatic rings. The molecule has 6 heteroatoms. The number of nitrogens with two attached hydrogens (primary N) is 1. The summed E-state index contributed by atoms with van der Waals surface area (Å²) in [6, 6.07) is 1.44. The SMILES string of the molecule is Nc1cnc(Cl)cc1C(=O)NC1(CO)CCCC1. The summed E-state index contributed by atoms with van der Waals surface area (Å²) in [6.45, 7) is -0.0581. The van der Waals surface area contributed by atoms with Gasteiger partial charge in [0.1, 0.15) is 5.15 Å². The molecule has 0 aliphatic heterocycles. The van der Waals surface area contributed by atoms with Crippen LogP contribution in [-0.2, 0) is 0 Å². The highest BCUT2D eigenvalue weighted by molar-refractivity contribution is 6.29. The van der Waals surface area contributed by atoms with E-state index in [0.717, 1.165) is 25.7 Å². The van der Waals surface area contributed by atoms with Crippen molar-refractivity contribution in [3.63, 3.8) is 0 Å². The van der Waals surface area contributed by atoms with Crippen molar-refractivity contribution in [3.8, 4) is 0 Å². The molecule has 1 aliphatic rings. The van der Waals surface area contributed by atoms with Crippen LogP contribution in [0.2, 0.25) is 5.15 Å². The first-order valence-corrected chi connectivity index (χ1v) is 6.28. The van der Waals surface area contributed by atoms with Crippen LogP contribution in [0.25, 0.3) is 0 Å². The standard InChI is InChI=1S/C12H16ClN3O2/c13-10-5-8(9(14)6-15-10)11(18)16-12(7-17)3-1-2-4-12/h5-6,17H,1-4,7,14H2,(H,16,18). The van der Waals surface area contributed by atoms with E-state index in [1.54, 1.807) is 0 Å². The number of amides is 1. The zero-order valence-corrected chi connectivity index (χ0v) is 10.7. The Bertz CT molecular complexity index is 459. The second kappa shape index (κ2) is 5.12. The van der Waals surface area contributed by atoms with Crippen LogP contribution in [0.5, 0.6) is 0 Å². The van der Waals surface area contributed by atoms with Gasteiger partial charge in [0.2, 0.25) is 0 Å². The average molecular weight is 270 g/mol. The molecule has 0 spiro atoms. The van der Waals surface area contributed by atoms with Gasteiger partial charge in [-0.2, -0.15) is 0 Å². The number of nitrogens with one attached hydrogen (secondary N) is 1. The molecule has 0 aromatic carbocycles. The number of nitrogen functional groups attached to an aromatic ring is 1. The fourth-order valence-electron chi connectivity index (χ4n) is 2.32. The van der Waals surface area contributed by atoms with Crippen molar-refractivity contribution in [3.05, 3.63) is 23.0 Å². The van der Waals surface area contributed by atoms with Gasteiger partial charge in [0, 0.05) is 0 Å². The number of anilines is 1. The summed E-state index contributed by atoms with van der Waals surface area (Å²) in [5.74, 6) is -0.312. The molecule has 1 amide bonds. The second-order valence-electron chi connectivity index (χ2n) is 4.69. The highest BCUT2D eigenvalue weighted by Crippen LogP contribution is 2.29. The summed E-state index contributed by atoms with van der Waals surface area (Å²) in [5.41, 5.74) is 5.77. The minimum atomic E-state index is -0.515. The molecule has 4 N–H and O–H groups in total. The highest BCUT2D eigenvalue weighted by Gasteiger charge is 2.35. The van der Waals surface area contributed by atoms with E-state index in [9.17, 15) is 9.90 Å². The number of aromatic nitrogens is 1. The molecule has 1 fully saturated rings. The van der Waals surface area contributed by atoms with Crippen LogP contribution in [0.3, 0.4) is 0 Å². The molecule has 0 unspecified atom stereocenters. The van der Waals surface area contributed by atoms with Crippen molar-refractivity contribution >= 4 is 23.2 Å². The monoisotopic (exact) mass is 269 g/mol. The van der Waals surface area contributed by atoms with Gasteiger partial charge in [-0.1, -0.05) is 24.4 Å². The molecule has 1 aliphatic carbocycles. The number of aliphatic hydroxyl groups is 1. The van der Waals surface area contributed by atoms with E-state index in [2.05, 4.69) is 10.3 Å². The first-order valence-electron chi connectivity index (χ1n) is 5.91. The number of hydrogen-bond donors (Lipinski definition) is 3. The Balaban J connectivity index is 2.18. The molecule has 98 valence electrons. The van der Waals surface area contributed by atoms with Gasteiger partial charge in [0.15, 0.2) is 0 Å². The van der Waals surface area contributed by atoms with Crippen LogP contribution in [0.15, 0.2) is 12.3 Å². The highest BCUT2D eigenvalue weighted by atomic mass is 35.5. The van der Waals surface area contributed by atoms with Crippen molar-refractivity contribution < 1.29 is 9.90 Å². The van der Waals surface area contributed by atoms with Crippen LogP contribution in [0.1, 0.15) is 36.0 Å². The smallest absolute Gasteiger partial charge is 0.254 e. The molecule has 2 rings (SSSR count). The van der Waals surface area contributed by atoms with Crippen molar-refractivity contribution in [2.75, 3.05) is 12.3 Å². The van der Waals surface area contributed by atoms with Gasteiger partial charge in [-0.25, -0.2) is 4.98 Å². The topological polar surface area (TPSA) is 88.2 Å². The number of rotatable bonds is 3. The predicted octanol–water partition coefficient (Wildman–Crippen LogP) is 1.35. The van der Waals surface area contributed by atoms with Gasteiger partial charge in [-0.05, 0) is 18.9 Å². The van der Waals surface area contributed by atoms with E-state index in [0.29, 0.717) is 5.56 Å². The van der Waals surface area contributed by atoms with Crippen LogP contribution in [-0.4, -0.2) is 28.1 Å². The maximum absolute atomic E-state index is 12.1. The Morgan fingerprint density at radius 3 is 2.83 bits per heavy atom. The minimum Gasteiger partial charge on any atom is -0.397 e. The van der Waals surface area contributed by atoms with Crippen LogP contribution >= 0.6 is 11.6 Å². The molecule has 0 saturated heterocycles. The molecule has 0 atom stereocenters. The van der Waals surface area contributed by atoms with E-state index >= 15 is 0 Å². The van der Waals surface area contributed by atoms with Gasteiger partial charge in [0.05, 0.1) is 29.6 Å². The van der Waals surface area contributed by atoms with Crippen molar-refractivity contribution in [2.24, 2.45) is 0 Å². The van der Waals surface area contributed by atoms with Crippen LogP contribution in [0, 0.1) is 0 Å². The maximum atomic E-state index is 12.1. The van der Waals surface area contributed by atoms with E-state index in [-0.39, 0.29) is 23.4 Å². The fourth-order valence-corrected chi connectivity index (χ4v) is 2.48. The number of halogens is 1. The summed E-state index contributed by atoms with van der Waals surface area (Å²) in [7, 11) is 0. The lowest BCUT2D eigenvalue weighted by Gasteiger charge is -2.28. The van der Waals surface area contributed by atoms with Crippen molar-refractivity contribution in [1.29, 1.82) is 0 Å². The van der Waals surface area contributed by atoms with Gasteiger partial charge in [-0.3, -0.25) is 4.79 Å². The lowest BCUT2D eigenvalue weighted by Crippen LogP contribution is -2.49. The molecule has 1 saturated carbocycles. The second-order valence-corrected chi connectivity index (χ2v) is 5.08.